The van der Waals surface area contributed by atoms with Gasteiger partial charge < -0.3 is 4.74 Å². The van der Waals surface area contributed by atoms with Crippen LogP contribution in [0.5, 0.6) is 0 Å². The molecular formula is C15H29NO4S. The van der Waals surface area contributed by atoms with Gasteiger partial charge in [0.2, 0.25) is 10.0 Å². The number of carbonyl (C=O) groups is 1. The second kappa shape index (κ2) is 7.20. The van der Waals surface area contributed by atoms with Crippen LogP contribution >= 0.6 is 0 Å². The Morgan fingerprint density at radius 1 is 1.38 bits per heavy atom. The second-order valence-corrected chi connectivity index (χ2v) is 8.98. The molecular weight excluding hydrogens is 290 g/mol. The first kappa shape index (κ1) is 18.6. The Labute approximate surface area is 129 Å². The zero-order chi connectivity index (χ0) is 16.3. The van der Waals surface area contributed by atoms with Crippen LogP contribution in [0.1, 0.15) is 47.0 Å². The molecule has 0 radical (unpaired) electrons. The smallest absolute Gasteiger partial charge is 0.211 e. The molecule has 1 rings (SSSR count). The fourth-order valence-corrected chi connectivity index (χ4v) is 3.82. The van der Waals surface area contributed by atoms with Crippen molar-refractivity contribution in [2.45, 2.75) is 53.1 Å². The van der Waals surface area contributed by atoms with Gasteiger partial charge in [-0.2, -0.15) is 0 Å². The summed E-state index contributed by atoms with van der Waals surface area (Å²) < 4.78 is 30.4. The van der Waals surface area contributed by atoms with E-state index >= 15 is 0 Å². The van der Waals surface area contributed by atoms with E-state index in [1.54, 1.807) is 0 Å². The van der Waals surface area contributed by atoms with Crippen molar-refractivity contribution >= 4 is 15.8 Å². The Morgan fingerprint density at radius 3 is 2.48 bits per heavy atom. The summed E-state index contributed by atoms with van der Waals surface area (Å²) in [4.78, 5) is 12.5. The summed E-state index contributed by atoms with van der Waals surface area (Å²) in [6, 6.07) is 0. The van der Waals surface area contributed by atoms with Crippen molar-refractivity contribution in [1.82, 2.24) is 4.31 Å². The molecule has 124 valence electrons. The molecule has 0 aromatic carbocycles. The van der Waals surface area contributed by atoms with Gasteiger partial charge in [0.25, 0.3) is 0 Å². The van der Waals surface area contributed by atoms with Crippen LogP contribution in [0.2, 0.25) is 0 Å². The maximum absolute atomic E-state index is 12.5. The van der Waals surface area contributed by atoms with Crippen LogP contribution in [-0.4, -0.2) is 50.6 Å². The van der Waals surface area contributed by atoms with Gasteiger partial charge in [-0.25, -0.2) is 12.7 Å². The Hall–Kier alpha value is -0.460. The highest BCUT2D eigenvalue weighted by molar-refractivity contribution is 7.88. The van der Waals surface area contributed by atoms with Gasteiger partial charge in [0.05, 0.1) is 6.26 Å². The molecule has 1 saturated heterocycles. The number of ether oxygens (including phenoxy) is 1. The molecule has 1 heterocycles. The van der Waals surface area contributed by atoms with Gasteiger partial charge in [0.1, 0.15) is 6.10 Å². The highest BCUT2D eigenvalue weighted by Gasteiger charge is 2.34. The molecule has 0 aliphatic carbocycles. The Morgan fingerprint density at radius 2 is 2.00 bits per heavy atom. The summed E-state index contributed by atoms with van der Waals surface area (Å²) in [7, 11) is -3.16. The van der Waals surface area contributed by atoms with Gasteiger partial charge in [-0.15, -0.1) is 0 Å². The lowest BCUT2D eigenvalue weighted by Crippen LogP contribution is -2.42. The molecule has 2 atom stereocenters. The Bertz CT molecular complexity index is 453. The SMILES string of the molecule is CCOC(C(=O)CC1CCCN(S(C)(=O)=O)C1)C(C)(C)C. The van der Waals surface area contributed by atoms with Crippen LogP contribution in [-0.2, 0) is 19.6 Å². The van der Waals surface area contributed by atoms with Crippen LogP contribution in [0.3, 0.4) is 0 Å². The highest BCUT2D eigenvalue weighted by atomic mass is 32.2. The zero-order valence-corrected chi connectivity index (χ0v) is 14.7. The molecule has 0 saturated carbocycles. The molecule has 2 unspecified atom stereocenters. The van der Waals surface area contributed by atoms with Crippen molar-refractivity contribution in [1.29, 1.82) is 0 Å². The van der Waals surface area contributed by atoms with E-state index in [0.29, 0.717) is 26.1 Å². The summed E-state index contributed by atoms with van der Waals surface area (Å²) in [6.45, 7) is 9.40. The van der Waals surface area contributed by atoms with Gasteiger partial charge in [0.15, 0.2) is 5.78 Å². The summed E-state index contributed by atoms with van der Waals surface area (Å²) in [5.74, 6) is 0.191. The van der Waals surface area contributed by atoms with Crippen LogP contribution in [0.25, 0.3) is 0 Å². The van der Waals surface area contributed by atoms with Gasteiger partial charge in [0, 0.05) is 26.1 Å². The zero-order valence-electron chi connectivity index (χ0n) is 13.9. The number of Topliss-reactive ketones (excluding diaryl/α,β-unsaturated/α-hetero) is 1. The molecule has 21 heavy (non-hydrogen) atoms. The number of nitrogens with zero attached hydrogens (tertiary/aromatic N) is 1. The molecule has 0 amide bonds. The van der Waals surface area contributed by atoms with E-state index in [0.717, 1.165) is 12.8 Å². The quantitative estimate of drug-likeness (QED) is 0.752. The lowest BCUT2D eigenvalue weighted by molar-refractivity contribution is -0.138. The van der Waals surface area contributed by atoms with Crippen LogP contribution in [0.15, 0.2) is 0 Å². The minimum atomic E-state index is -3.16. The van der Waals surface area contributed by atoms with E-state index in [1.807, 2.05) is 27.7 Å². The average Bonchev–Trinajstić information content (AvgIpc) is 2.33. The molecule has 1 fully saturated rings. The van der Waals surface area contributed by atoms with Crippen LogP contribution < -0.4 is 0 Å². The van der Waals surface area contributed by atoms with Crippen molar-refractivity contribution in [3.05, 3.63) is 0 Å². The summed E-state index contributed by atoms with van der Waals surface area (Å²) >= 11 is 0. The van der Waals surface area contributed by atoms with Gasteiger partial charge in [-0.1, -0.05) is 20.8 Å². The topological polar surface area (TPSA) is 63.7 Å². The van der Waals surface area contributed by atoms with Crippen molar-refractivity contribution in [3.8, 4) is 0 Å². The number of sulfonamides is 1. The van der Waals surface area contributed by atoms with Gasteiger partial charge in [-0.05, 0) is 31.1 Å². The van der Waals surface area contributed by atoms with Crippen molar-refractivity contribution in [3.63, 3.8) is 0 Å². The summed E-state index contributed by atoms with van der Waals surface area (Å²) in [6.07, 6.45) is 2.93. The Balaban J connectivity index is 2.69. The van der Waals surface area contributed by atoms with Crippen molar-refractivity contribution in [2.75, 3.05) is 26.0 Å². The Kier molecular flexibility index (Phi) is 6.37. The van der Waals surface area contributed by atoms with Crippen molar-refractivity contribution < 1.29 is 17.9 Å². The first-order valence-electron chi connectivity index (χ1n) is 7.65. The van der Waals surface area contributed by atoms with E-state index < -0.39 is 16.1 Å². The monoisotopic (exact) mass is 319 g/mol. The fourth-order valence-electron chi connectivity index (χ4n) is 2.88. The maximum Gasteiger partial charge on any atom is 0.211 e. The number of hydrogen-bond acceptors (Lipinski definition) is 4. The average molecular weight is 319 g/mol. The number of rotatable bonds is 6. The molecule has 6 heteroatoms. The second-order valence-electron chi connectivity index (χ2n) is 7.00. The third kappa shape index (κ3) is 5.68. The standard InChI is InChI=1S/C15H29NO4S/c1-6-20-14(15(2,3)4)13(17)10-12-8-7-9-16(11-12)21(5,18)19/h12,14H,6-11H2,1-5H3. The molecule has 0 bridgehead atoms. The molecule has 0 N–H and O–H groups in total. The summed E-state index contributed by atoms with van der Waals surface area (Å²) in [5.41, 5.74) is -0.238. The minimum absolute atomic E-state index is 0.0877. The van der Waals surface area contributed by atoms with Crippen LogP contribution in [0, 0.1) is 11.3 Å². The molecule has 1 aliphatic heterocycles. The number of carbonyl (C=O) groups excluding carboxylic acids is 1. The fraction of sp³-hybridized carbons (Fsp3) is 0.933. The normalized spacial score (nSPS) is 23.0. The predicted molar refractivity (Wildman–Crippen MR) is 83.6 cm³/mol. The van der Waals surface area contributed by atoms with Crippen molar-refractivity contribution in [2.24, 2.45) is 11.3 Å². The third-order valence-corrected chi connectivity index (χ3v) is 5.12. The van der Waals surface area contributed by atoms with E-state index in [4.69, 9.17) is 4.74 Å². The predicted octanol–water partition coefficient (Wildman–Crippen LogP) is 2.07. The lowest BCUT2D eigenvalue weighted by Gasteiger charge is -2.33. The molecule has 0 aromatic rings. The van der Waals surface area contributed by atoms with E-state index in [-0.39, 0.29) is 17.1 Å². The molecule has 0 spiro atoms. The highest BCUT2D eigenvalue weighted by Crippen LogP contribution is 2.28. The van der Waals surface area contributed by atoms with E-state index in [2.05, 4.69) is 0 Å². The van der Waals surface area contributed by atoms with Gasteiger partial charge >= 0.3 is 0 Å². The molecule has 5 nitrogen and oxygen atoms in total. The largest absolute Gasteiger partial charge is 0.370 e. The third-order valence-electron chi connectivity index (χ3n) is 3.85. The van der Waals surface area contributed by atoms with Gasteiger partial charge in [-0.3, -0.25) is 4.79 Å². The number of hydrogen-bond donors (Lipinski definition) is 0. The van der Waals surface area contributed by atoms with E-state index in [1.165, 1.54) is 10.6 Å². The number of piperidine rings is 1. The minimum Gasteiger partial charge on any atom is -0.370 e. The molecule has 1 aliphatic rings. The summed E-state index contributed by atoms with van der Waals surface area (Å²) in [5, 5.41) is 0. The van der Waals surface area contributed by atoms with E-state index in [9.17, 15) is 13.2 Å². The first-order chi connectivity index (χ1) is 9.55. The lowest BCUT2D eigenvalue weighted by atomic mass is 9.82. The van der Waals surface area contributed by atoms with Crippen LogP contribution in [0.4, 0.5) is 0 Å². The first-order valence-corrected chi connectivity index (χ1v) is 9.50. The molecule has 0 aromatic heterocycles. The number of ketones is 1. The maximum atomic E-state index is 12.5.